The lowest BCUT2D eigenvalue weighted by Gasteiger charge is -2.33. The van der Waals surface area contributed by atoms with Gasteiger partial charge < -0.3 is 16.6 Å². The number of hydrogen-bond acceptors (Lipinski definition) is 5. The van der Waals surface area contributed by atoms with Gasteiger partial charge in [-0.15, -0.1) is 23.5 Å². The summed E-state index contributed by atoms with van der Waals surface area (Å²) in [6, 6.07) is 18.6. The minimum absolute atomic E-state index is 0.00123. The molecule has 2 rings (SSSR count). The highest BCUT2D eigenvalue weighted by Crippen LogP contribution is 2.39. The molecule has 0 aliphatic heterocycles. The molecule has 0 saturated carbocycles. The number of aliphatic carboxylic acids is 1. The maximum Gasteiger partial charge on any atom is 0.304 e. The van der Waals surface area contributed by atoms with Crippen LogP contribution >= 0.6 is 39.5 Å². The van der Waals surface area contributed by atoms with Crippen molar-refractivity contribution in [3.63, 3.8) is 0 Å². The summed E-state index contributed by atoms with van der Waals surface area (Å²) >= 11 is 7.12. The number of rotatable bonds is 12. The SMILES string of the molecule is NCC(CN)(CC(=O)O)CC(SCc1ccccc1)SCc1ccc(Br)cc1. The Morgan fingerprint density at radius 3 is 2.00 bits per heavy atom. The van der Waals surface area contributed by atoms with E-state index in [4.69, 9.17) is 11.5 Å². The topological polar surface area (TPSA) is 89.3 Å². The molecular formula is C21H27BrN2O2S2. The zero-order valence-electron chi connectivity index (χ0n) is 15.7. The first-order valence-corrected chi connectivity index (χ1v) is 12.0. The van der Waals surface area contributed by atoms with Crippen molar-refractivity contribution in [1.82, 2.24) is 0 Å². The van der Waals surface area contributed by atoms with Crippen molar-refractivity contribution in [3.8, 4) is 0 Å². The van der Waals surface area contributed by atoms with E-state index in [1.807, 2.05) is 53.9 Å². The number of carboxylic acids is 1. The summed E-state index contributed by atoms with van der Waals surface area (Å²) in [7, 11) is 0. The molecule has 7 heteroatoms. The van der Waals surface area contributed by atoms with Gasteiger partial charge in [0.15, 0.2) is 0 Å². The predicted octanol–water partition coefficient (Wildman–Crippen LogP) is 4.71. The number of carbonyl (C=O) groups is 1. The Labute approximate surface area is 184 Å². The van der Waals surface area contributed by atoms with Crippen LogP contribution in [0.25, 0.3) is 0 Å². The van der Waals surface area contributed by atoms with Crippen LogP contribution in [0.5, 0.6) is 0 Å². The van der Waals surface area contributed by atoms with E-state index in [1.165, 1.54) is 11.1 Å². The molecule has 0 fully saturated rings. The average Bonchev–Trinajstić information content (AvgIpc) is 2.71. The summed E-state index contributed by atoms with van der Waals surface area (Å²) in [6.07, 6.45) is 0.673. The van der Waals surface area contributed by atoms with Crippen LogP contribution in [-0.2, 0) is 16.3 Å². The molecule has 0 aliphatic rings. The predicted molar refractivity (Wildman–Crippen MR) is 124 cm³/mol. The zero-order chi connectivity index (χ0) is 20.4. The highest BCUT2D eigenvalue weighted by Gasteiger charge is 2.33. The summed E-state index contributed by atoms with van der Waals surface area (Å²) in [5.41, 5.74) is 13.9. The van der Waals surface area contributed by atoms with Crippen LogP contribution in [0, 0.1) is 5.41 Å². The highest BCUT2D eigenvalue weighted by atomic mass is 79.9. The molecule has 1 unspecified atom stereocenters. The van der Waals surface area contributed by atoms with Crippen molar-refractivity contribution >= 4 is 45.4 Å². The van der Waals surface area contributed by atoms with E-state index in [0.717, 1.165) is 16.0 Å². The minimum atomic E-state index is -0.847. The molecule has 4 nitrogen and oxygen atoms in total. The molecule has 2 aromatic carbocycles. The lowest BCUT2D eigenvalue weighted by molar-refractivity contribution is -0.139. The van der Waals surface area contributed by atoms with E-state index in [-0.39, 0.29) is 24.1 Å². The number of hydrogen-bond donors (Lipinski definition) is 3. The second kappa shape index (κ2) is 11.9. The van der Waals surface area contributed by atoms with E-state index in [1.54, 1.807) is 0 Å². The van der Waals surface area contributed by atoms with Crippen LogP contribution in [-0.4, -0.2) is 28.7 Å². The standard InChI is InChI=1S/C21H27BrN2O2S2/c22-18-8-6-17(7-9-18)13-28-20(27-12-16-4-2-1-3-5-16)11-21(14-23,15-24)10-19(25)26/h1-9,20H,10-15,23-24H2,(H,25,26). The Kier molecular flexibility index (Phi) is 9.88. The summed E-state index contributed by atoms with van der Waals surface area (Å²) in [6.45, 7) is 0.550. The second-order valence-corrected chi connectivity index (χ2v) is 10.4. The normalized spacial score (nSPS) is 12.7. The fraction of sp³-hybridized carbons (Fsp3) is 0.381. The van der Waals surface area contributed by atoms with Crippen LogP contribution in [0.3, 0.4) is 0 Å². The molecule has 152 valence electrons. The number of carboxylic acid groups (broad SMARTS) is 1. The van der Waals surface area contributed by atoms with Crippen molar-refractivity contribution in [2.45, 2.75) is 28.9 Å². The van der Waals surface area contributed by atoms with E-state index >= 15 is 0 Å². The van der Waals surface area contributed by atoms with E-state index in [2.05, 4.69) is 40.2 Å². The van der Waals surface area contributed by atoms with Crippen LogP contribution < -0.4 is 11.5 Å². The maximum absolute atomic E-state index is 11.4. The monoisotopic (exact) mass is 482 g/mol. The number of benzene rings is 2. The molecule has 0 amide bonds. The van der Waals surface area contributed by atoms with Crippen LogP contribution in [0.4, 0.5) is 0 Å². The first kappa shape index (κ1) is 23.3. The number of nitrogens with two attached hydrogens (primary N) is 2. The van der Waals surface area contributed by atoms with Crippen molar-refractivity contribution in [1.29, 1.82) is 0 Å². The molecular weight excluding hydrogens is 456 g/mol. The van der Waals surface area contributed by atoms with Crippen molar-refractivity contribution in [2.75, 3.05) is 13.1 Å². The van der Waals surface area contributed by atoms with Gasteiger partial charge in [-0.05, 0) is 42.8 Å². The molecule has 2 aromatic rings. The van der Waals surface area contributed by atoms with Crippen LogP contribution in [0.1, 0.15) is 24.0 Å². The average molecular weight is 483 g/mol. The Hall–Kier alpha value is -0.990. The van der Waals surface area contributed by atoms with Gasteiger partial charge in [-0.3, -0.25) is 4.79 Å². The lowest BCUT2D eigenvalue weighted by Crippen LogP contribution is -2.41. The van der Waals surface area contributed by atoms with Crippen LogP contribution in [0.2, 0.25) is 0 Å². The Morgan fingerprint density at radius 2 is 1.50 bits per heavy atom. The molecule has 0 spiro atoms. The summed E-state index contributed by atoms with van der Waals surface area (Å²) < 4.78 is 1.26. The van der Waals surface area contributed by atoms with Crippen LogP contribution in [0.15, 0.2) is 59.1 Å². The van der Waals surface area contributed by atoms with Gasteiger partial charge in [-0.25, -0.2) is 0 Å². The molecule has 0 aliphatic carbocycles. The largest absolute Gasteiger partial charge is 0.481 e. The third-order valence-corrected chi connectivity index (χ3v) is 8.04. The Balaban J connectivity index is 2.08. The molecule has 5 N–H and O–H groups in total. The second-order valence-electron chi connectivity index (χ2n) is 6.85. The lowest BCUT2D eigenvalue weighted by atomic mass is 9.82. The van der Waals surface area contributed by atoms with Gasteiger partial charge >= 0.3 is 5.97 Å². The highest BCUT2D eigenvalue weighted by molar-refractivity contribution is 9.10. The van der Waals surface area contributed by atoms with Crippen molar-refractivity contribution in [2.24, 2.45) is 16.9 Å². The summed E-state index contributed by atoms with van der Waals surface area (Å²) in [5, 5.41) is 9.34. The quantitative estimate of drug-likeness (QED) is 0.379. The molecule has 28 heavy (non-hydrogen) atoms. The first-order chi connectivity index (χ1) is 13.5. The number of halogens is 1. The smallest absolute Gasteiger partial charge is 0.304 e. The molecule has 0 saturated heterocycles. The van der Waals surface area contributed by atoms with Crippen molar-refractivity contribution in [3.05, 3.63) is 70.2 Å². The van der Waals surface area contributed by atoms with Gasteiger partial charge in [-0.2, -0.15) is 0 Å². The molecule has 0 bridgehead atoms. The summed E-state index contributed by atoms with van der Waals surface area (Å²) in [4.78, 5) is 11.4. The van der Waals surface area contributed by atoms with E-state index in [9.17, 15) is 9.90 Å². The van der Waals surface area contributed by atoms with Gasteiger partial charge in [0.1, 0.15) is 0 Å². The molecule has 0 radical (unpaired) electrons. The Morgan fingerprint density at radius 1 is 0.964 bits per heavy atom. The van der Waals surface area contributed by atoms with Crippen molar-refractivity contribution < 1.29 is 9.90 Å². The third-order valence-electron chi connectivity index (χ3n) is 4.62. The fourth-order valence-corrected chi connectivity index (χ4v) is 5.98. The van der Waals surface area contributed by atoms with Gasteiger partial charge in [0.05, 0.1) is 11.0 Å². The van der Waals surface area contributed by atoms with Gasteiger partial charge in [0, 0.05) is 21.4 Å². The first-order valence-electron chi connectivity index (χ1n) is 9.10. The molecule has 0 heterocycles. The molecule has 1 atom stereocenters. The van der Waals surface area contributed by atoms with Gasteiger partial charge in [0.25, 0.3) is 0 Å². The summed E-state index contributed by atoms with van der Waals surface area (Å²) in [5.74, 6) is 0.885. The number of thioether (sulfide) groups is 2. The zero-order valence-corrected chi connectivity index (χ0v) is 18.9. The minimum Gasteiger partial charge on any atom is -0.481 e. The molecule has 0 aromatic heterocycles. The van der Waals surface area contributed by atoms with Gasteiger partial charge in [-0.1, -0.05) is 58.4 Å². The Bertz CT molecular complexity index is 725. The fourth-order valence-electron chi connectivity index (χ4n) is 2.84. The maximum atomic E-state index is 11.4. The third kappa shape index (κ3) is 7.79. The van der Waals surface area contributed by atoms with E-state index in [0.29, 0.717) is 6.42 Å². The van der Waals surface area contributed by atoms with E-state index < -0.39 is 11.4 Å². The van der Waals surface area contributed by atoms with Gasteiger partial charge in [0.2, 0.25) is 0 Å².